The predicted octanol–water partition coefficient (Wildman–Crippen LogP) is 5.96. The maximum absolute atomic E-state index is 10.9. The predicted molar refractivity (Wildman–Crippen MR) is 143 cm³/mol. The third-order valence-electron chi connectivity index (χ3n) is 6.53. The Morgan fingerprint density at radius 3 is 2.51 bits per heavy atom. The molecule has 3 heterocycles. The molecule has 0 unspecified atom stereocenters. The minimum atomic E-state index is -0.375. The summed E-state index contributed by atoms with van der Waals surface area (Å²) in [6.45, 7) is 6.44. The number of thiophene rings is 1. The van der Waals surface area contributed by atoms with Gasteiger partial charge in [0.2, 0.25) is 11.8 Å². The zero-order valence-corrected chi connectivity index (χ0v) is 21.4. The highest BCUT2D eigenvalue weighted by atomic mass is 32.1. The summed E-state index contributed by atoms with van der Waals surface area (Å²) in [6, 6.07) is 14.8. The van der Waals surface area contributed by atoms with Gasteiger partial charge in [-0.3, -0.25) is 15.0 Å². The SMILES string of the molecule is Cc1cc(C#N)cc(C)c1Oc1nc(NC2CCN(Cc3ccc([N+](=O)[O-])cc3)CC2)nc2ccsc12. The number of fused-ring (bicyclic) bond motifs is 1. The van der Waals surface area contributed by atoms with Crippen LogP contribution in [0.2, 0.25) is 0 Å². The molecule has 1 fully saturated rings. The minimum Gasteiger partial charge on any atom is -0.437 e. The van der Waals surface area contributed by atoms with Crippen LogP contribution < -0.4 is 10.1 Å². The van der Waals surface area contributed by atoms with Gasteiger partial charge in [0.1, 0.15) is 10.4 Å². The molecule has 9 nitrogen and oxygen atoms in total. The van der Waals surface area contributed by atoms with Crippen LogP contribution in [0.5, 0.6) is 11.6 Å². The molecule has 5 rings (SSSR count). The smallest absolute Gasteiger partial charge is 0.269 e. The van der Waals surface area contributed by atoms with Gasteiger partial charge in [-0.05, 0) is 67.0 Å². The van der Waals surface area contributed by atoms with Crippen molar-refractivity contribution in [3.05, 3.63) is 80.2 Å². The van der Waals surface area contributed by atoms with Gasteiger partial charge in [0, 0.05) is 37.8 Å². The molecule has 0 saturated carbocycles. The van der Waals surface area contributed by atoms with Crippen molar-refractivity contribution in [1.29, 1.82) is 5.26 Å². The Morgan fingerprint density at radius 1 is 1.16 bits per heavy atom. The molecule has 10 heteroatoms. The number of nitrogens with zero attached hydrogens (tertiary/aromatic N) is 5. The number of nitro benzene ring substituents is 1. The standard InChI is InChI=1S/C27H26N6O3S/c1-17-13-20(15-28)14-18(2)24(17)36-26-25-23(9-12-37-25)30-27(31-26)29-21-7-10-32(11-8-21)16-19-3-5-22(6-4-19)33(34)35/h3-6,9,12-14,21H,7-8,10-11,16H2,1-2H3,(H,29,30,31). The van der Waals surface area contributed by atoms with Gasteiger partial charge in [-0.15, -0.1) is 11.3 Å². The van der Waals surface area contributed by atoms with E-state index >= 15 is 0 Å². The number of aryl methyl sites for hydroxylation is 2. The highest BCUT2D eigenvalue weighted by Gasteiger charge is 2.22. The van der Waals surface area contributed by atoms with E-state index < -0.39 is 0 Å². The number of likely N-dealkylation sites (tertiary alicyclic amines) is 1. The normalized spacial score (nSPS) is 14.4. The van der Waals surface area contributed by atoms with Gasteiger partial charge < -0.3 is 10.1 Å². The number of nitrogens with one attached hydrogen (secondary N) is 1. The minimum absolute atomic E-state index is 0.113. The molecule has 0 atom stereocenters. The molecule has 2 aromatic heterocycles. The lowest BCUT2D eigenvalue weighted by Gasteiger charge is -2.32. The largest absolute Gasteiger partial charge is 0.437 e. The Morgan fingerprint density at radius 2 is 1.86 bits per heavy atom. The molecular weight excluding hydrogens is 488 g/mol. The zero-order chi connectivity index (χ0) is 25.9. The molecule has 1 aliphatic rings. The number of aromatic nitrogens is 2. The molecular formula is C27H26N6O3S. The second-order valence-electron chi connectivity index (χ2n) is 9.26. The number of piperidine rings is 1. The maximum atomic E-state index is 10.9. The summed E-state index contributed by atoms with van der Waals surface area (Å²) in [4.78, 5) is 22.3. The van der Waals surface area contributed by atoms with E-state index in [2.05, 4.69) is 16.3 Å². The van der Waals surface area contributed by atoms with Crippen molar-refractivity contribution in [2.45, 2.75) is 39.3 Å². The highest BCUT2D eigenvalue weighted by Crippen LogP contribution is 2.36. The lowest BCUT2D eigenvalue weighted by atomic mass is 10.0. The molecule has 1 N–H and O–H groups in total. The molecule has 0 radical (unpaired) electrons. The van der Waals surface area contributed by atoms with Crippen LogP contribution in [-0.4, -0.2) is 38.9 Å². The van der Waals surface area contributed by atoms with Crippen LogP contribution in [0, 0.1) is 35.3 Å². The first-order chi connectivity index (χ1) is 17.9. The van der Waals surface area contributed by atoms with Crippen molar-refractivity contribution in [1.82, 2.24) is 14.9 Å². The molecule has 0 amide bonds. The van der Waals surface area contributed by atoms with Crippen molar-refractivity contribution in [3.8, 4) is 17.7 Å². The quantitative estimate of drug-likeness (QED) is 0.237. The Bertz CT molecular complexity index is 1460. The van der Waals surface area contributed by atoms with E-state index in [0.29, 0.717) is 23.1 Å². The topological polar surface area (TPSA) is 117 Å². The van der Waals surface area contributed by atoms with Crippen molar-refractivity contribution >= 4 is 33.2 Å². The fourth-order valence-corrected chi connectivity index (χ4v) is 5.40. The molecule has 1 aliphatic heterocycles. The van der Waals surface area contributed by atoms with Crippen molar-refractivity contribution in [2.75, 3.05) is 18.4 Å². The van der Waals surface area contributed by atoms with Crippen molar-refractivity contribution < 1.29 is 9.66 Å². The Kier molecular flexibility index (Phi) is 6.99. The fourth-order valence-electron chi connectivity index (χ4n) is 4.64. The first-order valence-corrected chi connectivity index (χ1v) is 12.9. The summed E-state index contributed by atoms with van der Waals surface area (Å²) in [7, 11) is 0. The number of benzene rings is 2. The second kappa shape index (κ2) is 10.5. The first kappa shape index (κ1) is 24.6. The van der Waals surface area contributed by atoms with Crippen LogP contribution in [0.25, 0.3) is 10.2 Å². The van der Waals surface area contributed by atoms with Gasteiger partial charge in [-0.1, -0.05) is 12.1 Å². The van der Waals surface area contributed by atoms with Gasteiger partial charge in [0.05, 0.1) is 22.1 Å². The van der Waals surface area contributed by atoms with E-state index in [1.54, 1.807) is 12.1 Å². The summed E-state index contributed by atoms with van der Waals surface area (Å²) in [5.41, 5.74) is 4.38. The number of nitriles is 1. The molecule has 188 valence electrons. The monoisotopic (exact) mass is 514 g/mol. The van der Waals surface area contributed by atoms with E-state index in [1.165, 1.54) is 11.3 Å². The summed E-state index contributed by atoms with van der Waals surface area (Å²) in [5, 5.41) is 25.6. The van der Waals surface area contributed by atoms with E-state index in [0.717, 1.165) is 59.4 Å². The van der Waals surface area contributed by atoms with Crippen LogP contribution in [0.1, 0.15) is 35.1 Å². The summed E-state index contributed by atoms with van der Waals surface area (Å²) < 4.78 is 7.19. The zero-order valence-electron chi connectivity index (χ0n) is 20.6. The second-order valence-corrected chi connectivity index (χ2v) is 10.2. The van der Waals surface area contributed by atoms with Gasteiger partial charge in [0.15, 0.2) is 0 Å². The maximum Gasteiger partial charge on any atom is 0.269 e. The molecule has 0 bridgehead atoms. The van der Waals surface area contributed by atoms with Gasteiger partial charge in [-0.2, -0.15) is 10.2 Å². The Labute approximate surface area is 218 Å². The van der Waals surface area contributed by atoms with Crippen LogP contribution >= 0.6 is 11.3 Å². The molecule has 1 saturated heterocycles. The highest BCUT2D eigenvalue weighted by molar-refractivity contribution is 7.17. The summed E-state index contributed by atoms with van der Waals surface area (Å²) >= 11 is 1.54. The van der Waals surface area contributed by atoms with Crippen LogP contribution in [0.4, 0.5) is 11.6 Å². The Hall–Kier alpha value is -4.07. The van der Waals surface area contributed by atoms with Gasteiger partial charge in [0.25, 0.3) is 5.69 Å². The lowest BCUT2D eigenvalue weighted by molar-refractivity contribution is -0.384. The molecule has 37 heavy (non-hydrogen) atoms. The Balaban J connectivity index is 1.26. The molecule has 0 aliphatic carbocycles. The van der Waals surface area contributed by atoms with E-state index in [4.69, 9.17) is 14.7 Å². The van der Waals surface area contributed by atoms with E-state index in [1.807, 2.05) is 49.6 Å². The van der Waals surface area contributed by atoms with Crippen LogP contribution in [-0.2, 0) is 6.54 Å². The van der Waals surface area contributed by atoms with Gasteiger partial charge in [-0.25, -0.2) is 4.98 Å². The molecule has 0 spiro atoms. The number of non-ortho nitro benzene ring substituents is 1. The number of nitro groups is 1. The number of rotatable bonds is 7. The number of hydrogen-bond acceptors (Lipinski definition) is 9. The van der Waals surface area contributed by atoms with Crippen molar-refractivity contribution in [2.24, 2.45) is 0 Å². The van der Waals surface area contributed by atoms with Gasteiger partial charge >= 0.3 is 0 Å². The van der Waals surface area contributed by atoms with Crippen LogP contribution in [0.3, 0.4) is 0 Å². The number of anilines is 1. The molecule has 4 aromatic rings. The summed E-state index contributed by atoms with van der Waals surface area (Å²) in [6.07, 6.45) is 1.87. The fraction of sp³-hybridized carbons (Fsp3) is 0.296. The average Bonchev–Trinajstić information content (AvgIpc) is 3.36. The number of hydrogen-bond donors (Lipinski definition) is 1. The first-order valence-electron chi connectivity index (χ1n) is 12.1. The van der Waals surface area contributed by atoms with Crippen molar-refractivity contribution in [3.63, 3.8) is 0 Å². The third kappa shape index (κ3) is 5.53. The lowest BCUT2D eigenvalue weighted by Crippen LogP contribution is -2.39. The average molecular weight is 515 g/mol. The molecule has 2 aromatic carbocycles. The van der Waals surface area contributed by atoms with E-state index in [-0.39, 0.29) is 16.7 Å². The van der Waals surface area contributed by atoms with E-state index in [9.17, 15) is 15.4 Å². The summed E-state index contributed by atoms with van der Waals surface area (Å²) in [5.74, 6) is 1.76. The van der Waals surface area contributed by atoms with Crippen LogP contribution in [0.15, 0.2) is 47.8 Å². The third-order valence-corrected chi connectivity index (χ3v) is 7.43. The number of ether oxygens (including phenoxy) is 1.